The molecule has 2 aromatic rings. The van der Waals surface area contributed by atoms with Crippen LogP contribution in [0.3, 0.4) is 0 Å². The number of rotatable bonds is 7. The van der Waals surface area contributed by atoms with E-state index in [4.69, 9.17) is 9.47 Å². The molecule has 158 valence electrons. The molecule has 1 saturated heterocycles. The molecule has 1 aromatic carbocycles. The van der Waals surface area contributed by atoms with E-state index >= 15 is 0 Å². The van der Waals surface area contributed by atoms with Gasteiger partial charge in [0.2, 0.25) is 0 Å². The molecule has 0 unspecified atom stereocenters. The number of aliphatic hydroxyl groups excluding tert-OH is 1. The molecular formula is C23H26N2O5. The van der Waals surface area contributed by atoms with Crippen LogP contribution in [0.15, 0.2) is 48.3 Å². The van der Waals surface area contributed by atoms with E-state index in [-0.39, 0.29) is 30.6 Å². The SMILES string of the molecule is COCCN1C(=O)C(=O)C(=C(O)c2ccc(OC(C)C)c(C)c2)[C@@H]1c1cccnc1. The molecule has 2 heterocycles. The second-order valence-corrected chi connectivity index (χ2v) is 7.42. The fourth-order valence-electron chi connectivity index (χ4n) is 3.52. The number of aryl methyl sites for hydroxylation is 1. The van der Waals surface area contributed by atoms with E-state index in [2.05, 4.69) is 4.98 Å². The number of amides is 1. The van der Waals surface area contributed by atoms with Crippen molar-refractivity contribution in [3.8, 4) is 5.75 Å². The molecule has 3 rings (SSSR count). The van der Waals surface area contributed by atoms with Crippen LogP contribution in [-0.4, -0.2) is 53.0 Å². The van der Waals surface area contributed by atoms with Gasteiger partial charge in [-0.25, -0.2) is 0 Å². The zero-order chi connectivity index (χ0) is 21.8. The van der Waals surface area contributed by atoms with Gasteiger partial charge in [0.25, 0.3) is 11.7 Å². The Morgan fingerprint density at radius 3 is 2.63 bits per heavy atom. The van der Waals surface area contributed by atoms with Gasteiger partial charge in [0.1, 0.15) is 11.5 Å². The summed E-state index contributed by atoms with van der Waals surface area (Å²) in [6.07, 6.45) is 3.22. The molecule has 1 aromatic heterocycles. The smallest absolute Gasteiger partial charge is 0.295 e. The summed E-state index contributed by atoms with van der Waals surface area (Å²) in [6.45, 7) is 6.22. The van der Waals surface area contributed by atoms with Gasteiger partial charge in [0.05, 0.1) is 24.3 Å². The maximum atomic E-state index is 12.9. The number of Topliss-reactive ketones (excluding diaryl/α,β-unsaturated/α-hetero) is 1. The number of aromatic nitrogens is 1. The van der Waals surface area contributed by atoms with Crippen LogP contribution in [0.1, 0.15) is 36.6 Å². The molecule has 1 N–H and O–H groups in total. The monoisotopic (exact) mass is 410 g/mol. The van der Waals surface area contributed by atoms with Crippen LogP contribution in [0.25, 0.3) is 5.76 Å². The summed E-state index contributed by atoms with van der Waals surface area (Å²) in [5.41, 5.74) is 1.95. The Kier molecular flexibility index (Phi) is 6.52. The lowest BCUT2D eigenvalue weighted by Crippen LogP contribution is -2.32. The number of carbonyl (C=O) groups is 2. The van der Waals surface area contributed by atoms with Crippen molar-refractivity contribution in [3.63, 3.8) is 0 Å². The second kappa shape index (κ2) is 9.09. The van der Waals surface area contributed by atoms with Crippen LogP contribution in [0.4, 0.5) is 0 Å². The van der Waals surface area contributed by atoms with Crippen molar-refractivity contribution >= 4 is 17.4 Å². The Labute approximate surface area is 175 Å². The van der Waals surface area contributed by atoms with Gasteiger partial charge in [-0.1, -0.05) is 6.07 Å². The molecule has 0 bridgehead atoms. The van der Waals surface area contributed by atoms with Crippen molar-refractivity contribution in [1.29, 1.82) is 0 Å². The molecule has 1 aliphatic rings. The van der Waals surface area contributed by atoms with Crippen LogP contribution in [-0.2, 0) is 14.3 Å². The van der Waals surface area contributed by atoms with Crippen LogP contribution >= 0.6 is 0 Å². The first-order chi connectivity index (χ1) is 14.3. The summed E-state index contributed by atoms with van der Waals surface area (Å²) in [5, 5.41) is 11.1. The van der Waals surface area contributed by atoms with E-state index in [1.807, 2.05) is 20.8 Å². The standard InChI is InChI=1S/C23H26N2O5/c1-14(2)30-18-8-7-16(12-15(18)3)21(26)19-20(17-6-5-9-24-13-17)25(10-11-29-4)23(28)22(19)27/h5-9,12-14,20,26H,10-11H2,1-4H3/t20-/m0/s1. The molecule has 0 spiro atoms. The number of hydrogen-bond acceptors (Lipinski definition) is 6. The number of nitrogens with zero attached hydrogens (tertiary/aromatic N) is 2. The van der Waals surface area contributed by atoms with E-state index in [1.165, 1.54) is 12.0 Å². The lowest BCUT2D eigenvalue weighted by molar-refractivity contribution is -0.140. The number of hydrogen-bond donors (Lipinski definition) is 1. The third-order valence-electron chi connectivity index (χ3n) is 4.89. The van der Waals surface area contributed by atoms with Gasteiger partial charge < -0.3 is 19.5 Å². The maximum Gasteiger partial charge on any atom is 0.295 e. The number of likely N-dealkylation sites (tertiary alicyclic amines) is 1. The molecule has 30 heavy (non-hydrogen) atoms. The normalized spacial score (nSPS) is 18.3. The molecule has 1 aliphatic heterocycles. The fourth-order valence-corrected chi connectivity index (χ4v) is 3.52. The van der Waals surface area contributed by atoms with Crippen molar-refractivity contribution < 1.29 is 24.2 Å². The van der Waals surface area contributed by atoms with Crippen LogP contribution in [0.2, 0.25) is 0 Å². The molecule has 0 saturated carbocycles. The average molecular weight is 410 g/mol. The van der Waals surface area contributed by atoms with Gasteiger partial charge >= 0.3 is 0 Å². The van der Waals surface area contributed by atoms with Crippen molar-refractivity contribution in [3.05, 3.63) is 65.0 Å². The van der Waals surface area contributed by atoms with Crippen LogP contribution in [0, 0.1) is 6.92 Å². The summed E-state index contributed by atoms with van der Waals surface area (Å²) in [6, 6.07) is 7.96. The molecule has 7 heteroatoms. The lowest BCUT2D eigenvalue weighted by Gasteiger charge is -2.24. The number of pyridine rings is 1. The highest BCUT2D eigenvalue weighted by Crippen LogP contribution is 2.39. The quantitative estimate of drug-likeness (QED) is 0.428. The third-order valence-corrected chi connectivity index (χ3v) is 4.89. The summed E-state index contributed by atoms with van der Waals surface area (Å²) in [5.74, 6) is -0.913. The summed E-state index contributed by atoms with van der Waals surface area (Å²) in [7, 11) is 1.53. The molecule has 1 fully saturated rings. The first-order valence-corrected chi connectivity index (χ1v) is 9.80. The minimum absolute atomic E-state index is 0.0137. The van der Waals surface area contributed by atoms with Crippen molar-refractivity contribution in [1.82, 2.24) is 9.88 Å². The molecular weight excluding hydrogens is 384 g/mol. The van der Waals surface area contributed by atoms with Gasteiger partial charge in [0, 0.05) is 31.6 Å². The highest BCUT2D eigenvalue weighted by Gasteiger charge is 2.46. The molecule has 7 nitrogen and oxygen atoms in total. The number of benzene rings is 1. The summed E-state index contributed by atoms with van der Waals surface area (Å²) >= 11 is 0. The van der Waals surface area contributed by atoms with Crippen molar-refractivity contribution in [2.45, 2.75) is 32.9 Å². The maximum absolute atomic E-state index is 12.9. The average Bonchev–Trinajstić information content (AvgIpc) is 2.98. The highest BCUT2D eigenvalue weighted by atomic mass is 16.5. The van der Waals surface area contributed by atoms with E-state index in [0.29, 0.717) is 16.9 Å². The van der Waals surface area contributed by atoms with E-state index in [0.717, 1.165) is 5.56 Å². The number of methoxy groups -OCH3 is 1. The highest BCUT2D eigenvalue weighted by molar-refractivity contribution is 6.46. The third kappa shape index (κ3) is 4.21. The van der Waals surface area contributed by atoms with Gasteiger partial charge in [-0.15, -0.1) is 0 Å². The molecule has 1 atom stereocenters. The van der Waals surface area contributed by atoms with E-state index in [1.54, 1.807) is 42.7 Å². The van der Waals surface area contributed by atoms with Gasteiger partial charge in [0.15, 0.2) is 0 Å². The van der Waals surface area contributed by atoms with Crippen molar-refractivity contribution in [2.24, 2.45) is 0 Å². The zero-order valence-corrected chi connectivity index (χ0v) is 17.6. The minimum atomic E-state index is -0.735. The Morgan fingerprint density at radius 2 is 2.03 bits per heavy atom. The summed E-state index contributed by atoms with van der Waals surface area (Å²) in [4.78, 5) is 31.1. The van der Waals surface area contributed by atoms with E-state index < -0.39 is 17.7 Å². The van der Waals surface area contributed by atoms with Crippen LogP contribution in [0.5, 0.6) is 5.75 Å². The first-order valence-electron chi connectivity index (χ1n) is 9.80. The van der Waals surface area contributed by atoms with Gasteiger partial charge in [-0.3, -0.25) is 14.6 Å². The predicted molar refractivity (Wildman–Crippen MR) is 112 cm³/mol. The van der Waals surface area contributed by atoms with Crippen molar-refractivity contribution in [2.75, 3.05) is 20.3 Å². The second-order valence-electron chi connectivity index (χ2n) is 7.42. The number of aliphatic hydroxyl groups is 1. The molecule has 0 aliphatic carbocycles. The topological polar surface area (TPSA) is 89.0 Å². The number of ketones is 1. The van der Waals surface area contributed by atoms with Gasteiger partial charge in [-0.05, 0) is 56.2 Å². The minimum Gasteiger partial charge on any atom is -0.507 e. The predicted octanol–water partition coefficient (Wildman–Crippen LogP) is 3.25. The fraction of sp³-hybridized carbons (Fsp3) is 0.348. The van der Waals surface area contributed by atoms with E-state index in [9.17, 15) is 14.7 Å². The summed E-state index contributed by atoms with van der Waals surface area (Å²) < 4.78 is 10.8. The number of ether oxygens (including phenoxy) is 2. The molecule has 1 amide bonds. The first kappa shape index (κ1) is 21.5. The zero-order valence-electron chi connectivity index (χ0n) is 17.6. The lowest BCUT2D eigenvalue weighted by atomic mass is 9.95. The largest absolute Gasteiger partial charge is 0.507 e. The Morgan fingerprint density at radius 1 is 1.27 bits per heavy atom. The molecule has 0 radical (unpaired) electrons. The Hall–Kier alpha value is -3.19. The van der Waals surface area contributed by atoms with Gasteiger partial charge in [-0.2, -0.15) is 0 Å². The Balaban J connectivity index is 2.10. The number of carbonyl (C=O) groups excluding carboxylic acids is 2. The Bertz CT molecular complexity index is 969. The van der Waals surface area contributed by atoms with Crippen LogP contribution < -0.4 is 4.74 Å².